The van der Waals surface area contributed by atoms with Crippen molar-refractivity contribution in [1.82, 2.24) is 19.5 Å². The quantitative estimate of drug-likeness (QED) is 0.133. The van der Waals surface area contributed by atoms with Crippen LogP contribution >= 0.6 is 29.6 Å². The molecular weight excluding hydrogens is 632 g/mol. The van der Waals surface area contributed by atoms with Gasteiger partial charge < -0.3 is 14.0 Å². The lowest BCUT2D eigenvalue weighted by molar-refractivity contribution is -0.154. The van der Waals surface area contributed by atoms with Crippen LogP contribution in [0.3, 0.4) is 0 Å². The van der Waals surface area contributed by atoms with Crippen LogP contribution in [-0.4, -0.2) is 41.4 Å². The van der Waals surface area contributed by atoms with E-state index in [1.807, 2.05) is 38.4 Å². The second-order valence-electron chi connectivity index (χ2n) is 10.6. The lowest BCUT2D eigenvalue weighted by Crippen LogP contribution is -2.27. The molecule has 2 aliphatic rings. The van der Waals surface area contributed by atoms with Gasteiger partial charge in [-0.1, -0.05) is 114 Å². The first-order valence-electron chi connectivity index (χ1n) is 13.4. The fourth-order valence-electron chi connectivity index (χ4n) is 6.01. The van der Waals surface area contributed by atoms with Gasteiger partial charge in [-0.2, -0.15) is 0 Å². The van der Waals surface area contributed by atoms with E-state index in [0.717, 1.165) is 28.0 Å². The summed E-state index contributed by atoms with van der Waals surface area (Å²) in [6, 6.07) is 31.7. The van der Waals surface area contributed by atoms with Crippen LogP contribution in [0.1, 0.15) is 26.3 Å². The standard InChI is InChI=1S/C31H29IN5O2P/c1-31(2)38-27-24(32)18-25(28(27)39-31)37-20-35-26-29(33-19-34-30(26)37)36-40(21-12-6-3-7-13-21,22-14-8-4-9-15-22)23-16-10-5-11-17-23/h3-17,19-20,24-25,27-28H,18H2,1-2H3/t24-,25-,27-,28+/m1/s1. The number of halogens is 1. The highest BCUT2D eigenvalue weighted by molar-refractivity contribution is 14.1. The van der Waals surface area contributed by atoms with Crippen LogP contribution in [0.15, 0.2) is 108 Å². The van der Waals surface area contributed by atoms with Crippen LogP contribution in [0, 0.1) is 0 Å². The predicted octanol–water partition coefficient (Wildman–Crippen LogP) is 5.90. The summed E-state index contributed by atoms with van der Waals surface area (Å²) in [6.07, 6.45) is 4.38. The number of alkyl halides is 1. The number of nitrogens with zero attached hydrogens (tertiary/aromatic N) is 5. The van der Waals surface area contributed by atoms with Crippen LogP contribution < -0.4 is 15.9 Å². The molecule has 9 heteroatoms. The highest BCUT2D eigenvalue weighted by Gasteiger charge is 2.54. The minimum Gasteiger partial charge on any atom is -0.343 e. The summed E-state index contributed by atoms with van der Waals surface area (Å²) < 4.78 is 20.7. The topological polar surface area (TPSA) is 74.4 Å². The Hall–Kier alpha value is -2.91. The summed E-state index contributed by atoms with van der Waals surface area (Å²) in [7, 11) is -2.50. The highest BCUT2D eigenvalue weighted by atomic mass is 127. The monoisotopic (exact) mass is 661 g/mol. The molecule has 40 heavy (non-hydrogen) atoms. The summed E-state index contributed by atoms with van der Waals surface area (Å²) in [5, 5.41) is 3.47. The zero-order chi connectivity index (χ0) is 27.3. The van der Waals surface area contributed by atoms with Crippen molar-refractivity contribution in [3.05, 3.63) is 104 Å². The van der Waals surface area contributed by atoms with Gasteiger partial charge in [-0.05, 0) is 20.3 Å². The normalized spacial score (nSPS) is 23.8. The first-order valence-corrected chi connectivity index (χ1v) is 16.4. The van der Waals surface area contributed by atoms with Crippen molar-refractivity contribution in [3.8, 4) is 0 Å². The summed E-state index contributed by atoms with van der Waals surface area (Å²) >= 11 is 2.49. The Kier molecular flexibility index (Phi) is 6.62. The molecule has 7 nitrogen and oxygen atoms in total. The maximum atomic E-state index is 6.38. The minimum absolute atomic E-state index is 0.0388. The molecule has 1 aliphatic heterocycles. The Bertz CT molecular complexity index is 1610. The van der Waals surface area contributed by atoms with Gasteiger partial charge in [-0.25, -0.2) is 19.7 Å². The second-order valence-corrected chi connectivity index (χ2v) is 15.3. The Morgan fingerprint density at radius 2 is 1.35 bits per heavy atom. The number of fused-ring (bicyclic) bond motifs is 2. The average molecular weight is 661 g/mol. The molecule has 0 spiro atoms. The van der Waals surface area contributed by atoms with Gasteiger partial charge in [0.2, 0.25) is 0 Å². The smallest absolute Gasteiger partial charge is 0.183 e. The molecule has 2 aromatic heterocycles. The molecule has 5 aromatic rings. The molecule has 1 saturated carbocycles. The van der Waals surface area contributed by atoms with Gasteiger partial charge >= 0.3 is 0 Å². The van der Waals surface area contributed by atoms with Crippen LogP contribution in [-0.2, 0) is 9.47 Å². The van der Waals surface area contributed by atoms with Crippen molar-refractivity contribution in [1.29, 1.82) is 0 Å². The number of hydrogen-bond acceptors (Lipinski definition) is 6. The maximum Gasteiger partial charge on any atom is 0.183 e. The third kappa shape index (κ3) is 4.33. The van der Waals surface area contributed by atoms with Crippen molar-refractivity contribution >= 4 is 62.5 Å². The number of aromatic nitrogens is 4. The zero-order valence-corrected chi connectivity index (χ0v) is 25.3. The van der Waals surface area contributed by atoms with E-state index in [2.05, 4.69) is 100.0 Å². The van der Waals surface area contributed by atoms with E-state index >= 15 is 0 Å². The van der Waals surface area contributed by atoms with E-state index in [1.54, 1.807) is 6.33 Å². The molecule has 0 N–H and O–H groups in total. The van der Waals surface area contributed by atoms with Gasteiger partial charge in [0.05, 0.1) is 19.4 Å². The molecule has 0 bridgehead atoms. The summed E-state index contributed by atoms with van der Waals surface area (Å²) in [5.41, 5.74) is 1.46. The number of rotatable bonds is 5. The lowest BCUT2D eigenvalue weighted by atomic mass is 10.2. The molecule has 3 aromatic carbocycles. The highest BCUT2D eigenvalue weighted by Crippen LogP contribution is 2.50. The Balaban J connectivity index is 1.45. The minimum atomic E-state index is -2.50. The van der Waals surface area contributed by atoms with Gasteiger partial charge in [0.1, 0.15) is 18.5 Å². The number of imidazole rings is 1. The van der Waals surface area contributed by atoms with Crippen LogP contribution in [0.4, 0.5) is 5.82 Å². The van der Waals surface area contributed by atoms with Gasteiger partial charge in [-0.15, -0.1) is 0 Å². The Morgan fingerprint density at radius 1 is 0.800 bits per heavy atom. The van der Waals surface area contributed by atoms with E-state index in [-0.39, 0.29) is 18.2 Å². The Labute approximate surface area is 247 Å². The first-order chi connectivity index (χ1) is 19.5. The SMILES string of the molecule is CC1(C)O[C@@H]2[C@H](O1)[C@H](I)C[C@H]2n1cnc2c(N=P(c3ccccc3)(c3ccccc3)c3ccccc3)ncnc21. The van der Waals surface area contributed by atoms with E-state index < -0.39 is 12.8 Å². The molecule has 2 fully saturated rings. The fourth-order valence-corrected chi connectivity index (χ4v) is 10.6. The Morgan fingerprint density at radius 3 is 1.93 bits per heavy atom. The predicted molar refractivity (Wildman–Crippen MR) is 168 cm³/mol. The zero-order valence-electron chi connectivity index (χ0n) is 22.2. The lowest BCUT2D eigenvalue weighted by Gasteiger charge is -2.26. The van der Waals surface area contributed by atoms with E-state index in [0.29, 0.717) is 15.3 Å². The molecule has 7 rings (SSSR count). The average Bonchev–Trinajstić information content (AvgIpc) is 3.64. The molecule has 0 amide bonds. The number of benzene rings is 3. The molecule has 4 atom stereocenters. The summed E-state index contributed by atoms with van der Waals surface area (Å²) in [6.45, 7) is 3.97. The first kappa shape index (κ1) is 26.0. The van der Waals surface area contributed by atoms with Crippen LogP contribution in [0.5, 0.6) is 0 Å². The summed E-state index contributed by atoms with van der Waals surface area (Å²) in [5.74, 6) is -0.00726. The van der Waals surface area contributed by atoms with Gasteiger partial charge in [0.15, 0.2) is 22.8 Å². The molecule has 202 valence electrons. The summed E-state index contributed by atoms with van der Waals surface area (Å²) in [4.78, 5) is 14.3. The second kappa shape index (κ2) is 10.2. The molecule has 1 aliphatic carbocycles. The molecule has 1 saturated heterocycles. The van der Waals surface area contributed by atoms with Crippen LogP contribution in [0.25, 0.3) is 11.2 Å². The van der Waals surface area contributed by atoms with Gasteiger partial charge in [-0.3, -0.25) is 0 Å². The third-order valence-electron chi connectivity index (χ3n) is 7.70. The van der Waals surface area contributed by atoms with E-state index in [9.17, 15) is 0 Å². The van der Waals surface area contributed by atoms with Crippen molar-refractivity contribution in [3.63, 3.8) is 0 Å². The fraction of sp³-hybridized carbons (Fsp3) is 0.258. The van der Waals surface area contributed by atoms with Crippen molar-refractivity contribution in [2.75, 3.05) is 0 Å². The number of ether oxygens (including phenoxy) is 2. The van der Waals surface area contributed by atoms with Crippen LogP contribution in [0.2, 0.25) is 0 Å². The molecule has 0 radical (unpaired) electrons. The van der Waals surface area contributed by atoms with Crippen molar-refractivity contribution < 1.29 is 9.47 Å². The number of hydrogen-bond donors (Lipinski definition) is 0. The van der Waals surface area contributed by atoms with E-state index in [4.69, 9.17) is 29.2 Å². The molecule has 3 heterocycles. The van der Waals surface area contributed by atoms with E-state index in [1.165, 1.54) is 0 Å². The maximum absolute atomic E-state index is 6.38. The largest absolute Gasteiger partial charge is 0.343 e. The van der Waals surface area contributed by atoms with Crippen molar-refractivity contribution in [2.24, 2.45) is 4.74 Å². The molecular formula is C31H29IN5O2P. The van der Waals surface area contributed by atoms with Crippen molar-refractivity contribution in [2.45, 2.75) is 48.2 Å². The van der Waals surface area contributed by atoms with Gasteiger partial charge in [0, 0.05) is 19.8 Å². The molecule has 0 unspecified atom stereocenters. The van der Waals surface area contributed by atoms with Gasteiger partial charge in [0.25, 0.3) is 0 Å². The third-order valence-corrected chi connectivity index (χ3v) is 12.5.